The van der Waals surface area contributed by atoms with Crippen molar-refractivity contribution < 1.29 is 18.0 Å². The van der Waals surface area contributed by atoms with Crippen molar-refractivity contribution in [2.45, 2.75) is 76.3 Å². The second-order valence-electron chi connectivity index (χ2n) is 8.59. The van der Waals surface area contributed by atoms with Gasteiger partial charge in [-0.15, -0.1) is 0 Å². The number of carbonyl (C=O) groups excluding carboxylic acids is 2. The fourth-order valence-electron chi connectivity index (χ4n) is 4.52. The van der Waals surface area contributed by atoms with Crippen molar-refractivity contribution in [3.8, 4) is 0 Å². The Morgan fingerprint density at radius 2 is 1.69 bits per heavy atom. The Kier molecular flexibility index (Phi) is 6.79. The lowest BCUT2D eigenvalue weighted by molar-refractivity contribution is -0.127. The summed E-state index contributed by atoms with van der Waals surface area (Å²) in [5, 5.41) is 3.16. The van der Waals surface area contributed by atoms with Gasteiger partial charge in [-0.3, -0.25) is 9.59 Å². The van der Waals surface area contributed by atoms with Gasteiger partial charge in [0.1, 0.15) is 6.04 Å². The van der Waals surface area contributed by atoms with Crippen LogP contribution >= 0.6 is 0 Å². The van der Waals surface area contributed by atoms with Crippen LogP contribution in [0.2, 0.25) is 0 Å². The van der Waals surface area contributed by atoms with Gasteiger partial charge in [0.2, 0.25) is 15.9 Å². The molecule has 4 atom stereocenters. The highest BCUT2D eigenvalue weighted by molar-refractivity contribution is 7.89. The lowest BCUT2D eigenvalue weighted by Gasteiger charge is -2.38. The number of hydrogen-bond donors (Lipinski definition) is 1. The molecule has 1 aliphatic heterocycles. The van der Waals surface area contributed by atoms with Gasteiger partial charge in [-0.1, -0.05) is 45.2 Å². The molecular formula is C22H32N2O4S. The third kappa shape index (κ3) is 4.72. The monoisotopic (exact) mass is 420 g/mol. The Morgan fingerprint density at radius 1 is 1.00 bits per heavy atom. The van der Waals surface area contributed by atoms with Crippen molar-refractivity contribution in [3.63, 3.8) is 0 Å². The zero-order valence-electron chi connectivity index (χ0n) is 17.6. The number of nitrogens with zero attached hydrogens (tertiary/aromatic N) is 1. The van der Waals surface area contributed by atoms with Gasteiger partial charge in [0.25, 0.3) is 0 Å². The van der Waals surface area contributed by atoms with Gasteiger partial charge in [-0.05, 0) is 50.2 Å². The van der Waals surface area contributed by atoms with E-state index in [1.165, 1.54) is 41.9 Å². The van der Waals surface area contributed by atoms with E-state index in [0.29, 0.717) is 30.4 Å². The standard InChI is InChI=1S/C22H32N2O4S/c1-15-7-6-8-20(16(15)2)23-22(26)21-9-4-5-14-24(21)29(27,28)19-12-10-18(11-13-19)17(3)25/h10-13,15-16,20-21H,4-9,14H2,1-3H3,(H,23,26). The summed E-state index contributed by atoms with van der Waals surface area (Å²) in [6.07, 6.45) is 5.32. The van der Waals surface area contributed by atoms with E-state index in [2.05, 4.69) is 19.2 Å². The lowest BCUT2D eigenvalue weighted by atomic mass is 9.78. The van der Waals surface area contributed by atoms with Crippen LogP contribution in [0.4, 0.5) is 0 Å². The summed E-state index contributed by atoms with van der Waals surface area (Å²) in [6.45, 7) is 6.17. The van der Waals surface area contributed by atoms with E-state index in [-0.39, 0.29) is 22.6 Å². The number of Topliss-reactive ketones (excluding diaryl/α,β-unsaturated/α-hetero) is 1. The molecule has 0 spiro atoms. The van der Waals surface area contributed by atoms with Crippen molar-refractivity contribution in [1.82, 2.24) is 9.62 Å². The average Bonchev–Trinajstić information content (AvgIpc) is 2.71. The van der Waals surface area contributed by atoms with Crippen LogP contribution in [0, 0.1) is 11.8 Å². The first-order valence-corrected chi connectivity index (χ1v) is 12.1. The molecular weight excluding hydrogens is 388 g/mol. The molecule has 160 valence electrons. The van der Waals surface area contributed by atoms with Gasteiger partial charge < -0.3 is 5.32 Å². The Bertz CT molecular complexity index is 850. The molecule has 1 aromatic rings. The minimum absolute atomic E-state index is 0.104. The minimum Gasteiger partial charge on any atom is -0.352 e. The first kappa shape index (κ1) is 22.0. The van der Waals surface area contributed by atoms with Gasteiger partial charge >= 0.3 is 0 Å². The van der Waals surface area contributed by atoms with Crippen LogP contribution in [-0.2, 0) is 14.8 Å². The molecule has 3 rings (SSSR count). The number of nitrogens with one attached hydrogen (secondary N) is 1. The maximum atomic E-state index is 13.3. The summed E-state index contributed by atoms with van der Waals surface area (Å²) in [5.74, 6) is 0.653. The van der Waals surface area contributed by atoms with E-state index in [4.69, 9.17) is 0 Å². The van der Waals surface area contributed by atoms with E-state index in [1.54, 1.807) is 0 Å². The molecule has 1 saturated heterocycles. The Labute approximate surface area is 174 Å². The van der Waals surface area contributed by atoms with Crippen LogP contribution in [0.5, 0.6) is 0 Å². The van der Waals surface area contributed by atoms with E-state index < -0.39 is 16.1 Å². The maximum absolute atomic E-state index is 13.3. The summed E-state index contributed by atoms with van der Waals surface area (Å²) in [4.78, 5) is 24.7. The van der Waals surface area contributed by atoms with Crippen molar-refractivity contribution in [2.24, 2.45) is 11.8 Å². The van der Waals surface area contributed by atoms with Gasteiger partial charge in [0.15, 0.2) is 5.78 Å². The van der Waals surface area contributed by atoms with Crippen LogP contribution in [0.15, 0.2) is 29.2 Å². The number of amides is 1. The number of ketones is 1. The molecule has 1 amide bonds. The Balaban J connectivity index is 1.79. The van der Waals surface area contributed by atoms with Crippen LogP contribution in [0.3, 0.4) is 0 Å². The third-order valence-electron chi connectivity index (χ3n) is 6.66. The van der Waals surface area contributed by atoms with Gasteiger partial charge in [0.05, 0.1) is 4.90 Å². The summed E-state index contributed by atoms with van der Waals surface area (Å²) < 4.78 is 27.9. The Morgan fingerprint density at radius 3 is 2.34 bits per heavy atom. The summed E-state index contributed by atoms with van der Waals surface area (Å²) in [6, 6.07) is 5.40. The summed E-state index contributed by atoms with van der Waals surface area (Å²) >= 11 is 0. The molecule has 1 aromatic carbocycles. The molecule has 0 bridgehead atoms. The van der Waals surface area contributed by atoms with E-state index in [1.807, 2.05) is 0 Å². The Hall–Kier alpha value is -1.73. The van der Waals surface area contributed by atoms with Crippen molar-refractivity contribution in [1.29, 1.82) is 0 Å². The molecule has 29 heavy (non-hydrogen) atoms. The average molecular weight is 421 g/mol. The van der Waals surface area contributed by atoms with E-state index in [0.717, 1.165) is 25.7 Å². The summed E-state index contributed by atoms with van der Waals surface area (Å²) in [5.41, 5.74) is 0.470. The molecule has 1 aliphatic carbocycles. The fourth-order valence-corrected chi connectivity index (χ4v) is 6.17. The molecule has 1 N–H and O–H groups in total. The number of carbonyl (C=O) groups is 2. The van der Waals surface area contributed by atoms with Crippen LogP contribution in [0.25, 0.3) is 0 Å². The molecule has 7 heteroatoms. The number of rotatable bonds is 5. The number of hydrogen-bond acceptors (Lipinski definition) is 4. The number of benzene rings is 1. The van der Waals surface area contributed by atoms with Gasteiger partial charge in [-0.25, -0.2) is 8.42 Å². The zero-order chi connectivity index (χ0) is 21.2. The predicted molar refractivity (Wildman–Crippen MR) is 112 cm³/mol. The maximum Gasteiger partial charge on any atom is 0.243 e. The normalized spacial score (nSPS) is 28.7. The molecule has 1 saturated carbocycles. The van der Waals surface area contributed by atoms with Crippen LogP contribution in [0.1, 0.15) is 69.7 Å². The molecule has 2 aliphatic rings. The van der Waals surface area contributed by atoms with Gasteiger partial charge in [-0.2, -0.15) is 4.31 Å². The first-order valence-electron chi connectivity index (χ1n) is 10.6. The van der Waals surface area contributed by atoms with Crippen LogP contribution < -0.4 is 5.32 Å². The molecule has 4 unspecified atom stereocenters. The first-order chi connectivity index (χ1) is 13.7. The SMILES string of the molecule is CC(=O)c1ccc(S(=O)(=O)N2CCCCC2C(=O)NC2CCCC(C)C2C)cc1. The highest BCUT2D eigenvalue weighted by atomic mass is 32.2. The third-order valence-corrected chi connectivity index (χ3v) is 8.58. The molecule has 1 heterocycles. The second-order valence-corrected chi connectivity index (χ2v) is 10.5. The molecule has 0 aromatic heterocycles. The zero-order valence-corrected chi connectivity index (χ0v) is 18.4. The minimum atomic E-state index is -3.80. The lowest BCUT2D eigenvalue weighted by Crippen LogP contribution is -2.55. The van der Waals surface area contributed by atoms with Crippen LogP contribution in [-0.4, -0.2) is 43.0 Å². The van der Waals surface area contributed by atoms with Gasteiger partial charge in [0, 0.05) is 18.2 Å². The second kappa shape index (κ2) is 8.96. The summed E-state index contributed by atoms with van der Waals surface area (Å²) in [7, 11) is -3.80. The van der Waals surface area contributed by atoms with E-state index in [9.17, 15) is 18.0 Å². The molecule has 0 radical (unpaired) electrons. The quantitative estimate of drug-likeness (QED) is 0.740. The predicted octanol–water partition coefficient (Wildman–Crippen LogP) is 3.37. The van der Waals surface area contributed by atoms with E-state index >= 15 is 0 Å². The van der Waals surface area contributed by atoms with Crippen molar-refractivity contribution >= 4 is 21.7 Å². The fraction of sp³-hybridized carbons (Fsp3) is 0.636. The molecule has 6 nitrogen and oxygen atoms in total. The largest absolute Gasteiger partial charge is 0.352 e. The number of sulfonamides is 1. The molecule has 2 fully saturated rings. The highest BCUT2D eigenvalue weighted by Crippen LogP contribution is 2.31. The number of piperidine rings is 1. The smallest absolute Gasteiger partial charge is 0.243 e. The van der Waals surface area contributed by atoms with Crippen molar-refractivity contribution in [3.05, 3.63) is 29.8 Å². The van der Waals surface area contributed by atoms with Crippen molar-refractivity contribution in [2.75, 3.05) is 6.54 Å². The topological polar surface area (TPSA) is 83.6 Å². The highest BCUT2D eigenvalue weighted by Gasteiger charge is 2.39.